The van der Waals surface area contributed by atoms with E-state index in [1.807, 2.05) is 38.1 Å². The van der Waals surface area contributed by atoms with Crippen molar-refractivity contribution in [3.8, 4) is 5.75 Å². The Kier molecular flexibility index (Phi) is 6.51. The Balaban J connectivity index is 1.96. The van der Waals surface area contributed by atoms with E-state index in [0.717, 1.165) is 11.3 Å². The van der Waals surface area contributed by atoms with Crippen molar-refractivity contribution in [2.24, 2.45) is 5.92 Å². The number of methoxy groups -OCH3 is 1. The minimum atomic E-state index is -0.276. The van der Waals surface area contributed by atoms with Gasteiger partial charge in [0.2, 0.25) is 0 Å². The molecule has 2 amide bonds. The van der Waals surface area contributed by atoms with Crippen molar-refractivity contribution in [1.82, 2.24) is 15.6 Å². The van der Waals surface area contributed by atoms with Crippen LogP contribution in [0.2, 0.25) is 0 Å². The number of amides is 2. The number of hydrogen-bond acceptors (Lipinski definition) is 4. The van der Waals surface area contributed by atoms with E-state index in [1.54, 1.807) is 13.2 Å². The van der Waals surface area contributed by atoms with Gasteiger partial charge >= 0.3 is 0 Å². The van der Waals surface area contributed by atoms with Gasteiger partial charge in [-0.1, -0.05) is 26.0 Å². The molecule has 132 valence electrons. The van der Waals surface area contributed by atoms with E-state index >= 15 is 0 Å². The standard InChI is InChI=1S/C19H23N3O3/c1-13(2)9-21-18(23)15-8-16(12-20-11-15)19(24)22-10-14-4-6-17(25-3)7-5-14/h4-8,11-13H,9-10H2,1-3H3,(H,21,23)(H,22,24). The second-order valence-corrected chi connectivity index (χ2v) is 6.10. The Morgan fingerprint density at radius 2 is 1.64 bits per heavy atom. The molecule has 25 heavy (non-hydrogen) atoms. The number of pyridine rings is 1. The number of hydrogen-bond donors (Lipinski definition) is 2. The van der Waals surface area contributed by atoms with Gasteiger partial charge in [0, 0.05) is 25.5 Å². The van der Waals surface area contributed by atoms with Crippen molar-refractivity contribution in [3.05, 3.63) is 59.4 Å². The van der Waals surface area contributed by atoms with Gasteiger partial charge in [-0.05, 0) is 29.7 Å². The van der Waals surface area contributed by atoms with Crippen LogP contribution in [-0.4, -0.2) is 30.5 Å². The SMILES string of the molecule is COc1ccc(CNC(=O)c2cncc(C(=O)NCC(C)C)c2)cc1. The molecule has 2 N–H and O–H groups in total. The largest absolute Gasteiger partial charge is 0.497 e. The molecule has 0 unspecified atom stereocenters. The monoisotopic (exact) mass is 341 g/mol. The normalized spacial score (nSPS) is 10.4. The summed E-state index contributed by atoms with van der Waals surface area (Å²) in [6, 6.07) is 8.98. The van der Waals surface area contributed by atoms with Crippen LogP contribution in [0.5, 0.6) is 5.75 Å². The molecule has 6 heteroatoms. The van der Waals surface area contributed by atoms with Gasteiger partial charge in [0.15, 0.2) is 0 Å². The van der Waals surface area contributed by atoms with Gasteiger partial charge in [-0.2, -0.15) is 0 Å². The van der Waals surface area contributed by atoms with Crippen LogP contribution in [0.1, 0.15) is 40.1 Å². The second kappa shape index (κ2) is 8.82. The van der Waals surface area contributed by atoms with Crippen LogP contribution in [0.3, 0.4) is 0 Å². The van der Waals surface area contributed by atoms with Gasteiger partial charge in [-0.3, -0.25) is 14.6 Å². The van der Waals surface area contributed by atoms with E-state index < -0.39 is 0 Å². The topological polar surface area (TPSA) is 80.3 Å². The molecule has 6 nitrogen and oxygen atoms in total. The summed E-state index contributed by atoms with van der Waals surface area (Å²) in [7, 11) is 1.61. The number of ether oxygens (including phenoxy) is 1. The van der Waals surface area contributed by atoms with Crippen molar-refractivity contribution in [2.45, 2.75) is 20.4 Å². The van der Waals surface area contributed by atoms with Gasteiger partial charge in [-0.15, -0.1) is 0 Å². The summed E-state index contributed by atoms with van der Waals surface area (Å²) in [6.45, 7) is 4.99. The fraction of sp³-hybridized carbons (Fsp3) is 0.316. The predicted molar refractivity (Wildman–Crippen MR) is 95.6 cm³/mol. The maximum Gasteiger partial charge on any atom is 0.253 e. The molecule has 0 saturated carbocycles. The van der Waals surface area contributed by atoms with Crippen LogP contribution in [0.15, 0.2) is 42.7 Å². The Bertz CT molecular complexity index is 727. The highest BCUT2D eigenvalue weighted by atomic mass is 16.5. The maximum absolute atomic E-state index is 12.3. The van der Waals surface area contributed by atoms with E-state index in [0.29, 0.717) is 30.1 Å². The first-order chi connectivity index (χ1) is 12.0. The van der Waals surface area contributed by atoms with Crippen molar-refractivity contribution in [1.29, 1.82) is 0 Å². The minimum absolute atomic E-state index is 0.231. The molecule has 0 atom stereocenters. The molecule has 0 saturated heterocycles. The van der Waals surface area contributed by atoms with Gasteiger partial charge < -0.3 is 15.4 Å². The van der Waals surface area contributed by atoms with Crippen molar-refractivity contribution in [3.63, 3.8) is 0 Å². The highest BCUT2D eigenvalue weighted by molar-refractivity contribution is 5.99. The molecule has 0 radical (unpaired) electrons. The molecule has 0 spiro atoms. The average molecular weight is 341 g/mol. The smallest absolute Gasteiger partial charge is 0.253 e. The number of benzene rings is 1. The van der Waals surface area contributed by atoms with Crippen LogP contribution >= 0.6 is 0 Å². The lowest BCUT2D eigenvalue weighted by Crippen LogP contribution is -2.28. The van der Waals surface area contributed by atoms with Crippen LogP contribution in [-0.2, 0) is 6.54 Å². The Morgan fingerprint density at radius 1 is 1.04 bits per heavy atom. The van der Waals surface area contributed by atoms with Gasteiger partial charge in [0.25, 0.3) is 11.8 Å². The van der Waals surface area contributed by atoms with E-state index in [9.17, 15) is 9.59 Å². The minimum Gasteiger partial charge on any atom is -0.497 e. The Morgan fingerprint density at radius 3 is 2.20 bits per heavy atom. The number of nitrogens with one attached hydrogen (secondary N) is 2. The molecule has 1 aromatic carbocycles. The van der Waals surface area contributed by atoms with Crippen LogP contribution < -0.4 is 15.4 Å². The number of carbonyl (C=O) groups excluding carboxylic acids is 2. The zero-order chi connectivity index (χ0) is 18.2. The maximum atomic E-state index is 12.3. The quantitative estimate of drug-likeness (QED) is 0.810. The lowest BCUT2D eigenvalue weighted by Gasteiger charge is -2.09. The number of aromatic nitrogens is 1. The fourth-order valence-corrected chi connectivity index (χ4v) is 2.11. The second-order valence-electron chi connectivity index (χ2n) is 6.10. The van der Waals surface area contributed by atoms with Crippen molar-refractivity contribution >= 4 is 11.8 Å². The fourth-order valence-electron chi connectivity index (χ4n) is 2.11. The summed E-state index contributed by atoms with van der Waals surface area (Å²) in [4.78, 5) is 28.3. The number of carbonyl (C=O) groups is 2. The van der Waals surface area contributed by atoms with Crippen LogP contribution in [0.4, 0.5) is 0 Å². The van der Waals surface area contributed by atoms with Gasteiger partial charge in [-0.25, -0.2) is 0 Å². The van der Waals surface area contributed by atoms with E-state index in [1.165, 1.54) is 12.4 Å². The Labute approximate surface area is 147 Å². The van der Waals surface area contributed by atoms with Gasteiger partial charge in [0.1, 0.15) is 5.75 Å². The molecule has 0 aliphatic rings. The van der Waals surface area contributed by atoms with Crippen molar-refractivity contribution in [2.75, 3.05) is 13.7 Å². The Hall–Kier alpha value is -2.89. The molecule has 1 heterocycles. The lowest BCUT2D eigenvalue weighted by atomic mass is 10.1. The molecule has 0 aliphatic heterocycles. The number of rotatable bonds is 7. The van der Waals surface area contributed by atoms with Crippen LogP contribution in [0, 0.1) is 5.92 Å². The first-order valence-electron chi connectivity index (χ1n) is 8.14. The summed E-state index contributed by atoms with van der Waals surface area (Å²) in [6.07, 6.45) is 2.90. The molecule has 1 aromatic heterocycles. The molecular formula is C19H23N3O3. The highest BCUT2D eigenvalue weighted by Gasteiger charge is 2.11. The molecule has 0 fully saturated rings. The summed E-state index contributed by atoms with van der Waals surface area (Å²) < 4.78 is 5.10. The molecule has 0 bridgehead atoms. The molecule has 0 aliphatic carbocycles. The van der Waals surface area contributed by atoms with Crippen LogP contribution in [0.25, 0.3) is 0 Å². The third-order valence-electron chi connectivity index (χ3n) is 3.55. The van der Waals surface area contributed by atoms with E-state index in [-0.39, 0.29) is 11.8 Å². The summed E-state index contributed by atoms with van der Waals surface area (Å²) >= 11 is 0. The summed E-state index contributed by atoms with van der Waals surface area (Å²) in [5, 5.41) is 5.63. The number of nitrogens with zero attached hydrogens (tertiary/aromatic N) is 1. The molecular weight excluding hydrogens is 318 g/mol. The third kappa shape index (κ3) is 5.60. The zero-order valence-electron chi connectivity index (χ0n) is 14.7. The zero-order valence-corrected chi connectivity index (χ0v) is 14.7. The molecule has 2 rings (SSSR count). The van der Waals surface area contributed by atoms with Crippen molar-refractivity contribution < 1.29 is 14.3 Å². The van der Waals surface area contributed by atoms with Gasteiger partial charge in [0.05, 0.1) is 18.2 Å². The first-order valence-corrected chi connectivity index (χ1v) is 8.14. The molecule has 2 aromatic rings. The highest BCUT2D eigenvalue weighted by Crippen LogP contribution is 2.11. The predicted octanol–water partition coefficient (Wildman–Crippen LogP) is 2.41. The summed E-state index contributed by atoms with van der Waals surface area (Å²) in [5.41, 5.74) is 1.68. The first kappa shape index (κ1) is 18.4. The van der Waals surface area contributed by atoms with E-state index in [2.05, 4.69) is 15.6 Å². The summed E-state index contributed by atoms with van der Waals surface area (Å²) in [5.74, 6) is 0.611. The average Bonchev–Trinajstić information content (AvgIpc) is 2.64. The third-order valence-corrected chi connectivity index (χ3v) is 3.55. The van der Waals surface area contributed by atoms with E-state index in [4.69, 9.17) is 4.74 Å². The lowest BCUT2D eigenvalue weighted by molar-refractivity contribution is 0.0948.